The molecule has 4 N–H and O–H groups in total. The molecule has 2 aromatic heterocycles. The van der Waals surface area contributed by atoms with E-state index in [1.165, 1.54) is 25.9 Å². The molecular formula is C25H32N8O2. The molecule has 5 aliphatic rings. The molecule has 1 atom stereocenters. The molecule has 0 aromatic carbocycles. The number of hydrogen-bond donors (Lipinski definition) is 4. The van der Waals surface area contributed by atoms with Crippen molar-refractivity contribution in [2.45, 2.75) is 31.7 Å². The first kappa shape index (κ1) is 22.2. The summed E-state index contributed by atoms with van der Waals surface area (Å²) < 4.78 is 0. The Morgan fingerprint density at radius 3 is 2.71 bits per heavy atom. The first-order chi connectivity index (χ1) is 17.0. The molecule has 4 fully saturated rings. The Kier molecular flexibility index (Phi) is 5.77. The van der Waals surface area contributed by atoms with E-state index in [0.717, 1.165) is 43.4 Å². The van der Waals surface area contributed by atoms with Crippen LogP contribution in [0.4, 0.5) is 5.69 Å². The van der Waals surface area contributed by atoms with Crippen molar-refractivity contribution in [3.63, 3.8) is 0 Å². The molecule has 4 saturated heterocycles. The van der Waals surface area contributed by atoms with E-state index in [0.29, 0.717) is 35.0 Å². The minimum Gasteiger partial charge on any atom is -0.351 e. The minimum atomic E-state index is -0.220. The molecule has 35 heavy (non-hydrogen) atoms. The maximum atomic E-state index is 12.7. The van der Waals surface area contributed by atoms with Crippen molar-refractivity contribution in [3.8, 4) is 0 Å². The second-order valence-corrected chi connectivity index (χ2v) is 10.3. The Morgan fingerprint density at radius 2 is 1.97 bits per heavy atom. The van der Waals surface area contributed by atoms with Crippen LogP contribution in [0.1, 0.15) is 31.2 Å². The van der Waals surface area contributed by atoms with E-state index < -0.39 is 0 Å². The number of nitrogens with zero attached hydrogens (tertiary/aromatic N) is 4. The number of rotatable bonds is 4. The van der Waals surface area contributed by atoms with E-state index >= 15 is 0 Å². The highest BCUT2D eigenvalue weighted by atomic mass is 16.2. The smallest absolute Gasteiger partial charge is 0.276 e. The molecule has 2 bridgehead atoms. The number of pyridine rings is 1. The third-order valence-electron chi connectivity index (χ3n) is 7.89. The van der Waals surface area contributed by atoms with Crippen LogP contribution in [0.25, 0.3) is 17.1 Å². The lowest BCUT2D eigenvalue weighted by atomic mass is 9.84. The molecular weight excluding hydrogens is 444 g/mol. The zero-order chi connectivity index (χ0) is 23.9. The normalized spacial score (nSPS) is 28.4. The van der Waals surface area contributed by atoms with Gasteiger partial charge in [0.1, 0.15) is 11.3 Å². The van der Waals surface area contributed by atoms with Gasteiger partial charge >= 0.3 is 0 Å². The largest absolute Gasteiger partial charge is 0.351 e. The maximum absolute atomic E-state index is 12.7. The summed E-state index contributed by atoms with van der Waals surface area (Å²) in [6, 6.07) is 2.23. The van der Waals surface area contributed by atoms with E-state index in [1.54, 1.807) is 12.3 Å². The van der Waals surface area contributed by atoms with Gasteiger partial charge in [-0.2, -0.15) is 0 Å². The van der Waals surface area contributed by atoms with E-state index in [2.05, 4.69) is 47.8 Å². The van der Waals surface area contributed by atoms with Gasteiger partial charge in [-0.15, -0.1) is 0 Å². The number of anilines is 1. The van der Waals surface area contributed by atoms with Crippen molar-refractivity contribution >= 4 is 40.6 Å². The number of hydrogen-bond acceptors (Lipinski definition) is 7. The van der Waals surface area contributed by atoms with Gasteiger partial charge in [-0.05, 0) is 77.0 Å². The summed E-state index contributed by atoms with van der Waals surface area (Å²) >= 11 is 0. The summed E-state index contributed by atoms with van der Waals surface area (Å²) in [6.07, 6.45) is 9.36. The van der Waals surface area contributed by atoms with Crippen LogP contribution < -0.4 is 16.0 Å². The molecule has 10 nitrogen and oxygen atoms in total. The van der Waals surface area contributed by atoms with Crippen LogP contribution in [0.15, 0.2) is 29.1 Å². The predicted octanol–water partition coefficient (Wildman–Crippen LogP) is 1.35. The molecule has 10 heteroatoms. The lowest BCUT2D eigenvalue weighted by Crippen LogP contribution is -2.58. The van der Waals surface area contributed by atoms with Gasteiger partial charge in [0.05, 0.1) is 11.9 Å². The molecule has 7 heterocycles. The van der Waals surface area contributed by atoms with Crippen molar-refractivity contribution in [3.05, 3.63) is 29.7 Å². The highest BCUT2D eigenvalue weighted by molar-refractivity contribution is 6.14. The number of nitrogens with one attached hydrogen (secondary N) is 4. The third kappa shape index (κ3) is 4.55. The van der Waals surface area contributed by atoms with Crippen molar-refractivity contribution in [1.29, 1.82) is 0 Å². The number of piperidine rings is 4. The molecule has 0 spiro atoms. The number of H-pyrrole nitrogens is 1. The number of aromatic amines is 1. The Bertz CT molecular complexity index is 1200. The van der Waals surface area contributed by atoms with Gasteiger partial charge in [0.2, 0.25) is 11.9 Å². The summed E-state index contributed by atoms with van der Waals surface area (Å²) in [4.78, 5) is 42.2. The molecule has 0 radical (unpaired) electrons. The molecule has 184 valence electrons. The Labute approximate surface area is 204 Å². The maximum Gasteiger partial charge on any atom is 0.276 e. The van der Waals surface area contributed by atoms with E-state index in [-0.39, 0.29) is 17.7 Å². The zero-order valence-corrected chi connectivity index (χ0v) is 20.0. The van der Waals surface area contributed by atoms with Gasteiger partial charge in [-0.1, -0.05) is 0 Å². The molecule has 0 aliphatic carbocycles. The number of aromatic nitrogens is 2. The average molecular weight is 477 g/mol. The molecule has 2 amide bonds. The summed E-state index contributed by atoms with van der Waals surface area (Å²) in [5, 5.41) is 10.2. The fraction of sp³-hybridized carbons (Fsp3) is 0.520. The number of amides is 2. The van der Waals surface area contributed by atoms with Crippen LogP contribution in [0, 0.1) is 11.8 Å². The molecule has 7 rings (SSSR count). The number of aliphatic imine (C=N–C) groups is 1. The number of carbonyl (C=O) groups excluding carboxylic acids is 2. The van der Waals surface area contributed by atoms with Crippen LogP contribution in [-0.4, -0.2) is 83.4 Å². The standard InChI is InChI=1S/C25H32N8O2/c1-32-6-2-16(3-7-32)23(34)28-18-11-19-17(12-26-22(19)27-13-18)10-20-24(35)31-25(29-20)30-21-14-33-8-4-15(21)5-9-33/h10-13,15-16,21H,2-9,14H2,1H3,(H,26,27)(H,28,34)(H2,29,30,31,35). The summed E-state index contributed by atoms with van der Waals surface area (Å²) in [5.74, 6) is 1.01. The minimum absolute atomic E-state index is 0.0216. The van der Waals surface area contributed by atoms with Crippen LogP contribution in [0.3, 0.4) is 0 Å². The zero-order valence-electron chi connectivity index (χ0n) is 20.0. The number of carbonyl (C=O) groups is 2. The van der Waals surface area contributed by atoms with Crippen LogP contribution >= 0.6 is 0 Å². The summed E-state index contributed by atoms with van der Waals surface area (Å²) in [7, 11) is 2.08. The molecule has 1 unspecified atom stereocenters. The fourth-order valence-corrected chi connectivity index (χ4v) is 5.72. The van der Waals surface area contributed by atoms with Crippen molar-refractivity contribution < 1.29 is 9.59 Å². The monoisotopic (exact) mass is 476 g/mol. The first-order valence-corrected chi connectivity index (χ1v) is 12.6. The van der Waals surface area contributed by atoms with Crippen LogP contribution in [0.5, 0.6) is 0 Å². The van der Waals surface area contributed by atoms with Crippen molar-refractivity contribution in [1.82, 2.24) is 30.4 Å². The van der Waals surface area contributed by atoms with E-state index in [9.17, 15) is 9.59 Å². The SMILES string of the molecule is CN1CCC(C(=O)Nc2cnc3[nH]cc(C=C4N=C(NC5CN6CCC5CC6)NC4=O)c3c2)CC1. The second-order valence-electron chi connectivity index (χ2n) is 10.3. The number of guanidine groups is 1. The van der Waals surface area contributed by atoms with E-state index in [1.807, 2.05) is 12.3 Å². The van der Waals surface area contributed by atoms with Crippen molar-refractivity contribution in [2.75, 3.05) is 45.1 Å². The third-order valence-corrected chi connectivity index (χ3v) is 7.89. The first-order valence-electron chi connectivity index (χ1n) is 12.6. The average Bonchev–Trinajstić information content (AvgIpc) is 3.42. The lowest BCUT2D eigenvalue weighted by Gasteiger charge is -2.45. The molecule has 5 aliphatic heterocycles. The molecule has 2 aromatic rings. The lowest BCUT2D eigenvalue weighted by molar-refractivity contribution is -0.121. The fourth-order valence-electron chi connectivity index (χ4n) is 5.72. The topological polar surface area (TPSA) is 118 Å². The quantitative estimate of drug-likeness (QED) is 0.495. The van der Waals surface area contributed by atoms with Crippen LogP contribution in [-0.2, 0) is 9.59 Å². The van der Waals surface area contributed by atoms with Gasteiger partial charge in [-0.3, -0.25) is 14.9 Å². The number of likely N-dealkylation sites (tertiary alicyclic amines) is 1. The summed E-state index contributed by atoms with van der Waals surface area (Å²) in [6.45, 7) is 5.20. The van der Waals surface area contributed by atoms with Gasteiger partial charge < -0.3 is 25.4 Å². The van der Waals surface area contributed by atoms with Gasteiger partial charge in [-0.25, -0.2) is 9.98 Å². The van der Waals surface area contributed by atoms with E-state index in [4.69, 9.17) is 0 Å². The second kappa shape index (κ2) is 9.09. The van der Waals surface area contributed by atoms with Crippen LogP contribution in [0.2, 0.25) is 0 Å². The Hall–Kier alpha value is -3.24. The highest BCUT2D eigenvalue weighted by Crippen LogP contribution is 2.28. The highest BCUT2D eigenvalue weighted by Gasteiger charge is 2.35. The summed E-state index contributed by atoms with van der Waals surface area (Å²) in [5.41, 5.74) is 2.52. The molecule has 0 saturated carbocycles. The Balaban J connectivity index is 1.18. The van der Waals surface area contributed by atoms with Crippen molar-refractivity contribution in [2.24, 2.45) is 16.8 Å². The Morgan fingerprint density at radius 1 is 1.17 bits per heavy atom. The van der Waals surface area contributed by atoms with Gasteiger partial charge in [0, 0.05) is 35.7 Å². The van der Waals surface area contributed by atoms with Gasteiger partial charge in [0.25, 0.3) is 5.91 Å². The van der Waals surface area contributed by atoms with Gasteiger partial charge in [0.15, 0.2) is 0 Å². The number of fused-ring (bicyclic) bond motifs is 4. The predicted molar refractivity (Wildman–Crippen MR) is 135 cm³/mol.